The van der Waals surface area contributed by atoms with Crippen molar-refractivity contribution >= 4 is 6.03 Å². The predicted molar refractivity (Wildman–Crippen MR) is 67.7 cm³/mol. The Bertz CT molecular complexity index is 477. The first-order valence-corrected chi connectivity index (χ1v) is 6.22. The normalized spacial score (nSPS) is 12.3. The van der Waals surface area contributed by atoms with Crippen LogP contribution in [0.15, 0.2) is 18.3 Å². The molecule has 1 aromatic rings. The number of urea groups is 1. The second-order valence-corrected chi connectivity index (χ2v) is 4.15. The molecule has 2 N–H and O–H groups in total. The van der Waals surface area contributed by atoms with Gasteiger partial charge < -0.3 is 20.1 Å². The van der Waals surface area contributed by atoms with Crippen molar-refractivity contribution in [1.29, 1.82) is 0 Å². The molecule has 0 spiro atoms. The third kappa shape index (κ3) is 7.62. The lowest BCUT2D eigenvalue weighted by molar-refractivity contribution is -0.155. The van der Waals surface area contributed by atoms with Gasteiger partial charge in [0.05, 0.1) is 6.10 Å². The van der Waals surface area contributed by atoms with Crippen LogP contribution in [0.3, 0.4) is 0 Å². The highest BCUT2D eigenvalue weighted by Gasteiger charge is 2.11. The number of alkyl halides is 4. The van der Waals surface area contributed by atoms with Crippen molar-refractivity contribution in [3.63, 3.8) is 0 Å². The van der Waals surface area contributed by atoms with Crippen molar-refractivity contribution in [1.82, 2.24) is 15.6 Å². The summed E-state index contributed by atoms with van der Waals surface area (Å²) in [5.74, 6) is -0.270. The number of carbonyl (C=O) groups excluding carboxylic acids is 1. The third-order valence-electron chi connectivity index (χ3n) is 2.35. The van der Waals surface area contributed by atoms with Crippen LogP contribution in [-0.4, -0.2) is 36.9 Å². The maximum Gasteiger partial charge on any atom is 0.388 e. The molecular formula is C12H15F4N3O3. The van der Waals surface area contributed by atoms with E-state index >= 15 is 0 Å². The van der Waals surface area contributed by atoms with E-state index < -0.39 is 25.4 Å². The number of aromatic nitrogens is 1. The zero-order chi connectivity index (χ0) is 16.5. The van der Waals surface area contributed by atoms with Crippen LogP contribution in [0.2, 0.25) is 0 Å². The average molecular weight is 325 g/mol. The number of pyridine rings is 1. The summed E-state index contributed by atoms with van der Waals surface area (Å²) in [6.07, 6.45) is 0.406. The van der Waals surface area contributed by atoms with Gasteiger partial charge >= 0.3 is 19.3 Å². The lowest BCUT2D eigenvalue weighted by atomic mass is 10.2. The molecule has 0 aliphatic heterocycles. The van der Waals surface area contributed by atoms with Gasteiger partial charge in [-0.05, 0) is 18.6 Å². The van der Waals surface area contributed by atoms with E-state index in [1.165, 1.54) is 25.3 Å². The molecule has 0 fully saturated rings. The van der Waals surface area contributed by atoms with Crippen LogP contribution < -0.4 is 15.4 Å². The van der Waals surface area contributed by atoms with Crippen molar-refractivity contribution in [2.75, 3.05) is 6.54 Å². The van der Waals surface area contributed by atoms with Gasteiger partial charge in [-0.1, -0.05) is 0 Å². The second-order valence-electron chi connectivity index (χ2n) is 4.15. The number of carbonyl (C=O) groups is 1. The number of ether oxygens (including phenoxy) is 2. The number of halogens is 4. The van der Waals surface area contributed by atoms with Crippen LogP contribution in [0.5, 0.6) is 5.88 Å². The van der Waals surface area contributed by atoms with Gasteiger partial charge in [0.2, 0.25) is 5.88 Å². The molecular weight excluding hydrogens is 310 g/mol. The fourth-order valence-electron chi connectivity index (χ4n) is 1.42. The van der Waals surface area contributed by atoms with E-state index in [1.54, 1.807) is 0 Å². The van der Waals surface area contributed by atoms with E-state index in [4.69, 9.17) is 0 Å². The summed E-state index contributed by atoms with van der Waals surface area (Å²) in [6, 6.07) is 2.13. The van der Waals surface area contributed by atoms with Crippen molar-refractivity contribution < 1.29 is 31.8 Å². The molecule has 0 saturated heterocycles. The Morgan fingerprint density at radius 2 is 2.00 bits per heavy atom. The molecule has 1 aromatic heterocycles. The third-order valence-corrected chi connectivity index (χ3v) is 2.35. The van der Waals surface area contributed by atoms with Crippen molar-refractivity contribution in [3.8, 4) is 5.88 Å². The predicted octanol–water partition coefficient (Wildman–Crippen LogP) is 2.11. The van der Waals surface area contributed by atoms with Crippen LogP contribution >= 0.6 is 0 Å². The van der Waals surface area contributed by atoms with Crippen LogP contribution in [0.1, 0.15) is 12.5 Å². The summed E-state index contributed by atoms with van der Waals surface area (Å²) in [7, 11) is 0. The number of nitrogens with one attached hydrogen (secondary N) is 2. The van der Waals surface area contributed by atoms with Crippen molar-refractivity contribution in [2.24, 2.45) is 0 Å². The van der Waals surface area contributed by atoms with Gasteiger partial charge in [-0.2, -0.15) is 17.6 Å². The van der Waals surface area contributed by atoms with Gasteiger partial charge in [0, 0.05) is 25.4 Å². The van der Waals surface area contributed by atoms with Crippen LogP contribution in [0, 0.1) is 0 Å². The number of amides is 2. The zero-order valence-corrected chi connectivity index (χ0v) is 11.6. The maximum absolute atomic E-state index is 12.0. The molecule has 22 heavy (non-hydrogen) atoms. The lowest BCUT2D eigenvalue weighted by Gasteiger charge is -2.13. The largest absolute Gasteiger partial charge is 0.417 e. The number of nitrogens with zero attached hydrogens (tertiary/aromatic N) is 1. The zero-order valence-electron chi connectivity index (χ0n) is 11.6. The molecule has 1 unspecified atom stereocenters. The topological polar surface area (TPSA) is 72.5 Å². The summed E-state index contributed by atoms with van der Waals surface area (Å²) in [5.41, 5.74) is 0.484. The minimum atomic E-state index is -2.99. The first-order chi connectivity index (χ1) is 10.4. The number of hydrogen-bond donors (Lipinski definition) is 2. The maximum atomic E-state index is 12.0. The molecule has 0 bridgehead atoms. The van der Waals surface area contributed by atoms with Crippen LogP contribution in [0.25, 0.3) is 0 Å². The van der Waals surface area contributed by atoms with Crippen LogP contribution in [-0.2, 0) is 11.3 Å². The first-order valence-electron chi connectivity index (χ1n) is 6.22. The van der Waals surface area contributed by atoms with E-state index in [0.29, 0.717) is 5.56 Å². The summed E-state index contributed by atoms with van der Waals surface area (Å²) in [5, 5.41) is 4.75. The summed E-state index contributed by atoms with van der Waals surface area (Å²) < 4.78 is 56.1. The quantitative estimate of drug-likeness (QED) is 0.718. The minimum Gasteiger partial charge on any atom is -0.417 e. The fraction of sp³-hybridized carbons (Fsp3) is 0.500. The summed E-state index contributed by atoms with van der Waals surface area (Å²) in [6.45, 7) is -4.60. The molecule has 0 saturated carbocycles. The second kappa shape index (κ2) is 9.03. The Labute approximate surface area is 123 Å². The summed E-state index contributed by atoms with van der Waals surface area (Å²) in [4.78, 5) is 15.0. The molecule has 0 aromatic carbocycles. The fourth-order valence-corrected chi connectivity index (χ4v) is 1.42. The van der Waals surface area contributed by atoms with Gasteiger partial charge in [-0.25, -0.2) is 9.78 Å². The SMILES string of the molecule is CC(CNC(=O)NCc1ccnc(OC(F)F)c1)OC(F)F. The molecule has 2 amide bonds. The Morgan fingerprint density at radius 1 is 1.27 bits per heavy atom. The minimum absolute atomic E-state index is 0.0258. The molecule has 124 valence electrons. The lowest BCUT2D eigenvalue weighted by Crippen LogP contribution is -2.39. The van der Waals surface area contributed by atoms with Crippen LogP contribution in [0.4, 0.5) is 22.4 Å². The van der Waals surface area contributed by atoms with E-state index in [2.05, 4.69) is 25.1 Å². The molecule has 1 heterocycles. The van der Waals surface area contributed by atoms with Gasteiger partial charge in [-0.3, -0.25) is 0 Å². The Morgan fingerprint density at radius 3 is 2.64 bits per heavy atom. The highest BCUT2D eigenvalue weighted by atomic mass is 19.3. The average Bonchev–Trinajstić information content (AvgIpc) is 2.42. The highest BCUT2D eigenvalue weighted by Crippen LogP contribution is 2.12. The molecule has 0 radical (unpaired) electrons. The standard InChI is InChI=1S/C12H15F4N3O3/c1-7(21-10(13)14)5-18-12(20)19-6-8-2-3-17-9(4-8)22-11(15)16/h2-4,7,10-11H,5-6H2,1H3,(H2,18,19,20). The van der Waals surface area contributed by atoms with E-state index in [9.17, 15) is 22.4 Å². The Kier molecular flexibility index (Phi) is 7.37. The van der Waals surface area contributed by atoms with Gasteiger partial charge in [0.15, 0.2) is 0 Å². The number of hydrogen-bond acceptors (Lipinski definition) is 4. The molecule has 0 aliphatic carbocycles. The Balaban J connectivity index is 2.34. The van der Waals surface area contributed by atoms with Crippen molar-refractivity contribution in [2.45, 2.75) is 32.8 Å². The molecule has 6 nitrogen and oxygen atoms in total. The highest BCUT2D eigenvalue weighted by molar-refractivity contribution is 5.73. The smallest absolute Gasteiger partial charge is 0.388 e. The van der Waals surface area contributed by atoms with Crippen molar-refractivity contribution in [3.05, 3.63) is 23.9 Å². The monoisotopic (exact) mass is 325 g/mol. The molecule has 1 rings (SSSR count). The molecule has 0 aliphatic rings. The first kappa shape index (κ1) is 18.0. The molecule has 1 atom stereocenters. The van der Waals surface area contributed by atoms with Gasteiger partial charge in [0.25, 0.3) is 0 Å². The van der Waals surface area contributed by atoms with E-state index in [1.807, 2.05) is 0 Å². The Hall–Kier alpha value is -2.10. The van der Waals surface area contributed by atoms with E-state index in [-0.39, 0.29) is 19.0 Å². The van der Waals surface area contributed by atoms with Gasteiger partial charge in [-0.15, -0.1) is 0 Å². The van der Waals surface area contributed by atoms with Gasteiger partial charge in [0.1, 0.15) is 0 Å². The number of rotatable bonds is 8. The molecule has 10 heteroatoms. The van der Waals surface area contributed by atoms with E-state index in [0.717, 1.165) is 0 Å². The summed E-state index contributed by atoms with van der Waals surface area (Å²) >= 11 is 0.